The molecule has 1 unspecified atom stereocenters. The number of fused-ring (bicyclic) bond motifs is 1. The maximum Gasteiger partial charge on any atom is 0.134 e. The van der Waals surface area contributed by atoms with Crippen LogP contribution < -0.4 is 0 Å². The van der Waals surface area contributed by atoms with Gasteiger partial charge in [0.1, 0.15) is 11.1 Å². The number of aliphatic imine (C=N–C) groups is 1. The van der Waals surface area contributed by atoms with Gasteiger partial charge in [0.05, 0.1) is 5.56 Å². The Bertz CT molecular complexity index is 706. The summed E-state index contributed by atoms with van der Waals surface area (Å²) >= 11 is 6.77. The summed E-state index contributed by atoms with van der Waals surface area (Å²) in [5.41, 5.74) is 2.04. The molecule has 1 aliphatic rings. The fraction of sp³-hybridized carbons (Fsp3) is 0.333. The number of halogens is 1. The van der Waals surface area contributed by atoms with Crippen molar-refractivity contribution in [2.24, 2.45) is 10.9 Å². The molecule has 3 rings (SSSR count). The molecule has 0 fully saturated rings. The molecule has 0 spiro atoms. The van der Waals surface area contributed by atoms with Crippen LogP contribution in [0.3, 0.4) is 0 Å². The number of hydrogen-bond donors (Lipinski definition) is 0. The third-order valence-corrected chi connectivity index (χ3v) is 6.29. The molecule has 0 saturated heterocycles. The van der Waals surface area contributed by atoms with Crippen LogP contribution in [0.15, 0.2) is 20.9 Å². The third kappa shape index (κ3) is 2.73. The minimum Gasteiger partial charge on any atom is -0.243 e. The van der Waals surface area contributed by atoms with Crippen LogP contribution in [0, 0.1) is 17.2 Å². The summed E-state index contributed by atoms with van der Waals surface area (Å²) < 4.78 is 1.07. The van der Waals surface area contributed by atoms with Gasteiger partial charge >= 0.3 is 0 Å². The summed E-state index contributed by atoms with van der Waals surface area (Å²) in [5, 5.41) is 12.3. The van der Waals surface area contributed by atoms with Gasteiger partial charge in [0.25, 0.3) is 0 Å². The highest BCUT2D eigenvalue weighted by atomic mass is 79.9. The van der Waals surface area contributed by atoms with Crippen molar-refractivity contribution in [2.75, 3.05) is 0 Å². The van der Waals surface area contributed by atoms with Gasteiger partial charge in [0, 0.05) is 25.8 Å². The molecule has 20 heavy (non-hydrogen) atoms. The van der Waals surface area contributed by atoms with Crippen molar-refractivity contribution >= 4 is 49.8 Å². The summed E-state index contributed by atoms with van der Waals surface area (Å²) in [6, 6.07) is 4.39. The zero-order valence-corrected chi connectivity index (χ0v) is 14.2. The zero-order chi connectivity index (χ0) is 14.1. The highest BCUT2D eigenvalue weighted by Crippen LogP contribution is 2.40. The van der Waals surface area contributed by atoms with Gasteiger partial charge in [0.15, 0.2) is 0 Å². The van der Waals surface area contributed by atoms with Crippen LogP contribution in [0.2, 0.25) is 0 Å². The second-order valence-corrected chi connectivity index (χ2v) is 8.01. The van der Waals surface area contributed by atoms with Crippen LogP contribution in [0.25, 0.3) is 0 Å². The number of hydrogen-bond acceptors (Lipinski definition) is 4. The first-order valence-electron chi connectivity index (χ1n) is 6.50. The Hall–Kier alpha value is -0.960. The Morgan fingerprint density at radius 1 is 1.55 bits per heavy atom. The first-order chi connectivity index (χ1) is 9.67. The molecule has 0 aromatic carbocycles. The average molecular weight is 365 g/mol. The lowest BCUT2D eigenvalue weighted by Gasteiger charge is -2.17. The Morgan fingerprint density at radius 2 is 2.40 bits per heavy atom. The normalized spacial score (nSPS) is 18.1. The van der Waals surface area contributed by atoms with E-state index in [9.17, 15) is 5.26 Å². The van der Waals surface area contributed by atoms with Gasteiger partial charge in [-0.3, -0.25) is 0 Å². The molecular formula is C15H13BrN2S2. The van der Waals surface area contributed by atoms with Crippen molar-refractivity contribution in [1.82, 2.24) is 0 Å². The van der Waals surface area contributed by atoms with Crippen molar-refractivity contribution in [3.63, 3.8) is 0 Å². The Labute approximate surface area is 134 Å². The van der Waals surface area contributed by atoms with Gasteiger partial charge in [0.2, 0.25) is 0 Å². The highest BCUT2D eigenvalue weighted by Gasteiger charge is 2.23. The summed E-state index contributed by atoms with van der Waals surface area (Å²) in [5.74, 6) is 0.720. The van der Waals surface area contributed by atoms with E-state index in [0.717, 1.165) is 38.7 Å². The molecule has 0 aliphatic heterocycles. The van der Waals surface area contributed by atoms with E-state index in [1.54, 1.807) is 22.7 Å². The van der Waals surface area contributed by atoms with Crippen LogP contribution in [-0.4, -0.2) is 6.21 Å². The van der Waals surface area contributed by atoms with Gasteiger partial charge in [-0.15, -0.1) is 22.7 Å². The smallest absolute Gasteiger partial charge is 0.134 e. The van der Waals surface area contributed by atoms with Gasteiger partial charge in [-0.2, -0.15) is 5.26 Å². The maximum absolute atomic E-state index is 9.41. The summed E-state index contributed by atoms with van der Waals surface area (Å²) in [7, 11) is 0. The molecule has 2 heterocycles. The number of rotatable bonds is 2. The van der Waals surface area contributed by atoms with E-state index in [2.05, 4.69) is 33.9 Å². The van der Waals surface area contributed by atoms with Crippen LogP contribution in [-0.2, 0) is 12.8 Å². The minimum absolute atomic E-state index is 0.720. The first kappa shape index (κ1) is 14.0. The van der Waals surface area contributed by atoms with E-state index < -0.39 is 0 Å². The molecule has 0 N–H and O–H groups in total. The molecule has 5 heteroatoms. The molecule has 0 radical (unpaired) electrons. The lowest BCUT2D eigenvalue weighted by Crippen LogP contribution is -2.09. The summed E-state index contributed by atoms with van der Waals surface area (Å²) in [6.45, 7) is 2.28. The number of nitrogens with zero attached hydrogens (tertiary/aromatic N) is 2. The summed E-state index contributed by atoms with van der Waals surface area (Å²) in [6.07, 6.45) is 5.15. The SMILES string of the molecule is CC1CCc2c(sc(/N=C/c3cc(Br)cs3)c2C#N)C1. The van der Waals surface area contributed by atoms with Crippen molar-refractivity contribution in [3.8, 4) is 6.07 Å². The quantitative estimate of drug-likeness (QED) is 0.664. The van der Waals surface area contributed by atoms with Gasteiger partial charge in [-0.05, 0) is 52.7 Å². The Balaban J connectivity index is 1.94. The molecule has 2 aromatic heterocycles. The van der Waals surface area contributed by atoms with Crippen molar-refractivity contribution in [1.29, 1.82) is 5.26 Å². The second-order valence-electron chi connectivity index (χ2n) is 5.07. The molecule has 1 aliphatic carbocycles. The number of thiophene rings is 2. The van der Waals surface area contributed by atoms with Crippen molar-refractivity contribution in [2.45, 2.75) is 26.2 Å². The minimum atomic E-state index is 0.720. The predicted octanol–water partition coefficient (Wildman–Crippen LogP) is 5.32. The highest BCUT2D eigenvalue weighted by molar-refractivity contribution is 9.10. The first-order valence-corrected chi connectivity index (χ1v) is 8.99. The maximum atomic E-state index is 9.41. The molecule has 2 nitrogen and oxygen atoms in total. The van der Waals surface area contributed by atoms with E-state index >= 15 is 0 Å². The molecule has 2 aromatic rings. The lowest BCUT2D eigenvalue weighted by molar-refractivity contribution is 0.507. The van der Waals surface area contributed by atoms with Crippen molar-refractivity contribution < 1.29 is 0 Å². The third-order valence-electron chi connectivity index (χ3n) is 3.50. The average Bonchev–Trinajstić information content (AvgIpc) is 2.98. The van der Waals surface area contributed by atoms with Gasteiger partial charge in [-0.1, -0.05) is 6.92 Å². The van der Waals surface area contributed by atoms with E-state index in [1.807, 2.05) is 17.7 Å². The molecule has 1 atom stereocenters. The predicted molar refractivity (Wildman–Crippen MR) is 89.5 cm³/mol. The Morgan fingerprint density at radius 3 is 3.10 bits per heavy atom. The Kier molecular flexibility index (Phi) is 4.06. The summed E-state index contributed by atoms with van der Waals surface area (Å²) in [4.78, 5) is 7.01. The topological polar surface area (TPSA) is 36.1 Å². The molecule has 0 amide bonds. The fourth-order valence-corrected chi connectivity index (χ4v) is 5.07. The van der Waals surface area contributed by atoms with E-state index in [0.29, 0.717) is 0 Å². The lowest BCUT2D eigenvalue weighted by atomic mass is 9.89. The van der Waals surface area contributed by atoms with Crippen molar-refractivity contribution in [3.05, 3.63) is 36.8 Å². The number of nitriles is 1. The molecule has 0 bridgehead atoms. The molecule has 0 saturated carbocycles. The zero-order valence-electron chi connectivity index (χ0n) is 11.0. The van der Waals surface area contributed by atoms with E-state index in [1.165, 1.54) is 16.9 Å². The van der Waals surface area contributed by atoms with E-state index in [4.69, 9.17) is 0 Å². The van der Waals surface area contributed by atoms with Gasteiger partial charge in [-0.25, -0.2) is 4.99 Å². The molecule has 102 valence electrons. The standard InChI is InChI=1S/C15H13BrN2S2/c1-9-2-3-12-13(6-17)15(20-14(12)4-9)18-7-11-5-10(16)8-19-11/h5,7-9H,2-4H2,1H3/b18-7+. The van der Waals surface area contributed by atoms with E-state index in [-0.39, 0.29) is 0 Å². The van der Waals surface area contributed by atoms with Crippen LogP contribution in [0.4, 0.5) is 5.00 Å². The second kappa shape index (κ2) is 5.80. The van der Waals surface area contributed by atoms with Gasteiger partial charge < -0.3 is 0 Å². The van der Waals surface area contributed by atoms with Crippen LogP contribution in [0.1, 0.15) is 34.2 Å². The van der Waals surface area contributed by atoms with Crippen LogP contribution >= 0.6 is 38.6 Å². The van der Waals surface area contributed by atoms with Crippen LogP contribution in [0.5, 0.6) is 0 Å². The monoisotopic (exact) mass is 364 g/mol. The molecular weight excluding hydrogens is 352 g/mol. The largest absolute Gasteiger partial charge is 0.243 e. The fourth-order valence-electron chi connectivity index (χ4n) is 2.46.